The lowest BCUT2D eigenvalue weighted by molar-refractivity contribution is 0.182. The van der Waals surface area contributed by atoms with E-state index in [1.54, 1.807) is 13.0 Å². The highest BCUT2D eigenvalue weighted by Gasteiger charge is 2.42. The summed E-state index contributed by atoms with van der Waals surface area (Å²) in [5.41, 5.74) is 0.314. The number of rotatable bonds is 5. The summed E-state index contributed by atoms with van der Waals surface area (Å²) in [6.45, 7) is 4.20. The molecule has 5 unspecified atom stereocenters. The largest absolute Gasteiger partial charge is 0.491 e. The monoisotopic (exact) mass is 354 g/mol. The van der Waals surface area contributed by atoms with Crippen molar-refractivity contribution in [3.63, 3.8) is 0 Å². The van der Waals surface area contributed by atoms with Crippen LogP contribution in [0.25, 0.3) is 0 Å². The van der Waals surface area contributed by atoms with Gasteiger partial charge in [-0.3, -0.25) is 0 Å². The minimum atomic E-state index is -0.942. The highest BCUT2D eigenvalue weighted by molar-refractivity contribution is 5.33. The summed E-state index contributed by atoms with van der Waals surface area (Å²) < 4.78 is 48.7. The fourth-order valence-corrected chi connectivity index (χ4v) is 5.09. The van der Waals surface area contributed by atoms with Gasteiger partial charge in [0, 0.05) is 0 Å². The number of hydrogen-bond donors (Lipinski definition) is 0. The number of hydrogen-bond acceptors (Lipinski definition) is 1. The van der Waals surface area contributed by atoms with Crippen LogP contribution in [0.15, 0.2) is 12.1 Å². The zero-order chi connectivity index (χ0) is 18.0. The van der Waals surface area contributed by atoms with E-state index in [0.29, 0.717) is 23.8 Å². The minimum absolute atomic E-state index is 0.0616. The van der Waals surface area contributed by atoms with Gasteiger partial charge in [-0.1, -0.05) is 25.8 Å². The third-order valence-electron chi connectivity index (χ3n) is 6.22. The Morgan fingerprint density at radius 2 is 1.84 bits per heavy atom. The summed E-state index contributed by atoms with van der Waals surface area (Å²) in [4.78, 5) is 0. The molecule has 0 aromatic heterocycles. The second-order valence-corrected chi connectivity index (χ2v) is 7.79. The standard InChI is InChI=1S/C21H29F3O/c1-3-5-13-10-14-6-7-15(12-18(22)17(14)11-13)16-8-9-19(25-4-2)21(24)20(16)23/h8-9,13-15,17-18H,3-7,10-12H2,1-2H3. The molecule has 2 fully saturated rings. The Morgan fingerprint density at radius 1 is 1.04 bits per heavy atom. The fraction of sp³-hybridized carbons (Fsp3) is 0.714. The molecule has 2 aliphatic carbocycles. The summed E-state index contributed by atoms with van der Waals surface area (Å²) in [6.07, 6.45) is 5.47. The SMILES string of the molecule is CCCC1CC2CCC(c3ccc(OCC)c(F)c3F)CC(F)C2C1. The second kappa shape index (κ2) is 8.01. The van der Waals surface area contributed by atoms with Crippen molar-refractivity contribution in [3.8, 4) is 5.75 Å². The van der Waals surface area contributed by atoms with E-state index >= 15 is 0 Å². The van der Waals surface area contributed by atoms with Crippen LogP contribution in [0.1, 0.15) is 70.3 Å². The summed E-state index contributed by atoms with van der Waals surface area (Å²) >= 11 is 0. The molecule has 2 saturated carbocycles. The Morgan fingerprint density at radius 3 is 2.56 bits per heavy atom. The summed E-state index contributed by atoms with van der Waals surface area (Å²) in [6, 6.07) is 3.06. The number of fused-ring (bicyclic) bond motifs is 1. The van der Waals surface area contributed by atoms with Crippen LogP contribution < -0.4 is 4.74 Å². The zero-order valence-electron chi connectivity index (χ0n) is 15.2. The first-order chi connectivity index (χ1) is 12.0. The van der Waals surface area contributed by atoms with Crippen LogP contribution in [-0.4, -0.2) is 12.8 Å². The maximum absolute atomic E-state index is 14.9. The molecule has 140 valence electrons. The molecule has 3 rings (SSSR count). The summed E-state index contributed by atoms with van der Waals surface area (Å²) in [5, 5.41) is 0. The quantitative estimate of drug-likeness (QED) is 0.593. The first-order valence-electron chi connectivity index (χ1n) is 9.79. The average molecular weight is 354 g/mol. The maximum atomic E-state index is 14.9. The van der Waals surface area contributed by atoms with Crippen molar-refractivity contribution in [3.05, 3.63) is 29.3 Å². The second-order valence-electron chi connectivity index (χ2n) is 7.79. The zero-order valence-corrected chi connectivity index (χ0v) is 15.2. The van der Waals surface area contributed by atoms with E-state index in [4.69, 9.17) is 4.74 Å². The molecule has 0 radical (unpaired) electrons. The molecule has 0 N–H and O–H groups in total. The molecule has 5 atom stereocenters. The van der Waals surface area contributed by atoms with Crippen LogP contribution in [0, 0.1) is 29.4 Å². The normalized spacial score (nSPS) is 32.3. The van der Waals surface area contributed by atoms with E-state index in [2.05, 4.69) is 6.92 Å². The van der Waals surface area contributed by atoms with Gasteiger partial charge in [0.05, 0.1) is 6.61 Å². The fourth-order valence-electron chi connectivity index (χ4n) is 5.09. The third-order valence-corrected chi connectivity index (χ3v) is 6.22. The Hall–Kier alpha value is -1.19. The summed E-state index contributed by atoms with van der Waals surface area (Å²) in [5.74, 6) is -0.941. The van der Waals surface area contributed by atoms with Gasteiger partial charge in [-0.05, 0) is 74.3 Å². The molecule has 2 aliphatic rings. The molecular formula is C21H29F3O. The van der Waals surface area contributed by atoms with Gasteiger partial charge in [0.15, 0.2) is 11.6 Å². The highest BCUT2D eigenvalue weighted by atomic mass is 19.2. The van der Waals surface area contributed by atoms with Crippen molar-refractivity contribution >= 4 is 0 Å². The number of benzene rings is 1. The van der Waals surface area contributed by atoms with Crippen LogP contribution in [0.4, 0.5) is 13.2 Å². The van der Waals surface area contributed by atoms with Crippen LogP contribution in [-0.2, 0) is 0 Å². The van der Waals surface area contributed by atoms with Crippen molar-refractivity contribution in [2.45, 2.75) is 70.9 Å². The van der Waals surface area contributed by atoms with Gasteiger partial charge in [0.2, 0.25) is 5.82 Å². The van der Waals surface area contributed by atoms with E-state index in [1.165, 1.54) is 12.5 Å². The number of halogens is 3. The van der Waals surface area contributed by atoms with Crippen molar-refractivity contribution in [2.75, 3.05) is 6.61 Å². The van der Waals surface area contributed by atoms with Crippen molar-refractivity contribution < 1.29 is 17.9 Å². The Labute approximate surface area is 149 Å². The smallest absolute Gasteiger partial charge is 0.200 e. The Kier molecular flexibility index (Phi) is 5.96. The van der Waals surface area contributed by atoms with Crippen LogP contribution >= 0.6 is 0 Å². The van der Waals surface area contributed by atoms with E-state index in [0.717, 1.165) is 32.1 Å². The molecule has 1 aromatic rings. The van der Waals surface area contributed by atoms with E-state index in [1.807, 2.05) is 0 Å². The first-order valence-corrected chi connectivity index (χ1v) is 9.79. The maximum Gasteiger partial charge on any atom is 0.200 e. The minimum Gasteiger partial charge on any atom is -0.491 e. The van der Waals surface area contributed by atoms with Crippen molar-refractivity contribution in [1.29, 1.82) is 0 Å². The van der Waals surface area contributed by atoms with Gasteiger partial charge >= 0.3 is 0 Å². The molecule has 0 spiro atoms. The van der Waals surface area contributed by atoms with E-state index in [9.17, 15) is 13.2 Å². The van der Waals surface area contributed by atoms with E-state index in [-0.39, 0.29) is 24.2 Å². The van der Waals surface area contributed by atoms with Crippen LogP contribution in [0.3, 0.4) is 0 Å². The molecule has 25 heavy (non-hydrogen) atoms. The van der Waals surface area contributed by atoms with Gasteiger partial charge in [0.1, 0.15) is 6.17 Å². The molecule has 4 heteroatoms. The molecule has 0 aliphatic heterocycles. The molecule has 0 amide bonds. The highest BCUT2D eigenvalue weighted by Crippen LogP contribution is 2.49. The van der Waals surface area contributed by atoms with Gasteiger partial charge in [0.25, 0.3) is 0 Å². The first kappa shape index (κ1) is 18.6. The van der Waals surface area contributed by atoms with Crippen molar-refractivity contribution in [1.82, 2.24) is 0 Å². The molecule has 0 saturated heterocycles. The molecule has 0 heterocycles. The number of alkyl halides is 1. The van der Waals surface area contributed by atoms with Crippen LogP contribution in [0.5, 0.6) is 5.75 Å². The molecule has 1 nitrogen and oxygen atoms in total. The number of ether oxygens (including phenoxy) is 1. The Balaban J connectivity index is 1.75. The predicted octanol–water partition coefficient (Wildman–Crippen LogP) is 6.41. The van der Waals surface area contributed by atoms with Crippen LogP contribution in [0.2, 0.25) is 0 Å². The topological polar surface area (TPSA) is 9.23 Å². The third kappa shape index (κ3) is 3.83. The summed E-state index contributed by atoms with van der Waals surface area (Å²) in [7, 11) is 0. The van der Waals surface area contributed by atoms with E-state index < -0.39 is 17.8 Å². The predicted molar refractivity (Wildman–Crippen MR) is 93.6 cm³/mol. The van der Waals surface area contributed by atoms with Gasteiger partial charge in [-0.15, -0.1) is 0 Å². The van der Waals surface area contributed by atoms with Crippen molar-refractivity contribution in [2.24, 2.45) is 17.8 Å². The van der Waals surface area contributed by atoms with Gasteiger partial charge < -0.3 is 4.74 Å². The lowest BCUT2D eigenvalue weighted by Gasteiger charge is -2.21. The van der Waals surface area contributed by atoms with Gasteiger partial charge in [-0.25, -0.2) is 8.78 Å². The molecule has 1 aromatic carbocycles. The Bertz CT molecular complexity index is 589. The average Bonchev–Trinajstić information content (AvgIpc) is 2.93. The van der Waals surface area contributed by atoms with Gasteiger partial charge in [-0.2, -0.15) is 4.39 Å². The lowest BCUT2D eigenvalue weighted by atomic mass is 9.88. The molecular weight excluding hydrogens is 325 g/mol. The lowest BCUT2D eigenvalue weighted by Crippen LogP contribution is -2.19. The molecule has 0 bridgehead atoms.